The molecule has 0 saturated carbocycles. The number of aliphatic carboxylic acids is 1. The van der Waals surface area contributed by atoms with Crippen LogP contribution in [0.5, 0.6) is 5.75 Å². The van der Waals surface area contributed by atoms with Gasteiger partial charge in [0.05, 0.1) is 18.1 Å². The Morgan fingerprint density at radius 2 is 2.07 bits per heavy atom. The number of carboxylic acids is 1. The number of β-amino-alcohol motifs (C(OH)–C–C–N with tert-alkyl or cyclic N) is 1. The number of carbonyl (C=O) groups is 2. The van der Waals surface area contributed by atoms with Gasteiger partial charge in [-0.2, -0.15) is 0 Å². The Kier molecular flexibility index (Phi) is 7.87. The molecular formula is C22H33NO5. The minimum atomic E-state index is -1.12. The second-order valence-electron chi connectivity index (χ2n) is 7.70. The Hall–Kier alpha value is -2.08. The molecule has 0 radical (unpaired) electrons. The summed E-state index contributed by atoms with van der Waals surface area (Å²) in [7, 11) is 0. The van der Waals surface area contributed by atoms with Gasteiger partial charge in [-0.25, -0.2) is 0 Å². The number of amides is 1. The molecule has 0 unspecified atom stereocenters. The molecule has 1 saturated heterocycles. The molecule has 1 aromatic carbocycles. The smallest absolute Gasteiger partial charge is 0.312 e. The first-order chi connectivity index (χ1) is 13.3. The van der Waals surface area contributed by atoms with E-state index in [1.54, 1.807) is 4.90 Å². The van der Waals surface area contributed by atoms with E-state index < -0.39 is 17.5 Å². The summed E-state index contributed by atoms with van der Waals surface area (Å²) in [6.45, 7) is 7.02. The number of hydrogen-bond acceptors (Lipinski definition) is 4. The summed E-state index contributed by atoms with van der Waals surface area (Å²) in [5.41, 5.74) is 1.14. The molecular weight excluding hydrogens is 358 g/mol. The van der Waals surface area contributed by atoms with Gasteiger partial charge in [0.2, 0.25) is 5.91 Å². The van der Waals surface area contributed by atoms with Crippen molar-refractivity contribution in [1.29, 1.82) is 0 Å². The summed E-state index contributed by atoms with van der Waals surface area (Å²) in [6, 6.07) is 6.08. The third-order valence-corrected chi connectivity index (χ3v) is 5.73. The van der Waals surface area contributed by atoms with Crippen molar-refractivity contribution in [2.24, 2.45) is 5.41 Å². The average molecular weight is 392 g/mol. The Morgan fingerprint density at radius 1 is 1.32 bits per heavy atom. The minimum absolute atomic E-state index is 0.0165. The quantitative estimate of drug-likeness (QED) is 0.675. The Balaban J connectivity index is 1.86. The monoisotopic (exact) mass is 391 g/mol. The summed E-state index contributed by atoms with van der Waals surface area (Å²) >= 11 is 0. The van der Waals surface area contributed by atoms with Crippen LogP contribution in [-0.2, 0) is 16.0 Å². The van der Waals surface area contributed by atoms with Crippen LogP contribution in [0.15, 0.2) is 18.2 Å². The second kappa shape index (κ2) is 9.92. The summed E-state index contributed by atoms with van der Waals surface area (Å²) in [6.07, 6.45) is 2.33. The molecule has 0 spiro atoms. The third kappa shape index (κ3) is 5.04. The highest BCUT2D eigenvalue weighted by molar-refractivity contribution is 5.79. The molecule has 6 nitrogen and oxygen atoms in total. The van der Waals surface area contributed by atoms with Gasteiger partial charge in [-0.15, -0.1) is 0 Å². The molecule has 1 aliphatic rings. The van der Waals surface area contributed by atoms with Crippen molar-refractivity contribution >= 4 is 11.9 Å². The maximum Gasteiger partial charge on any atom is 0.312 e. The second-order valence-corrected chi connectivity index (χ2v) is 7.70. The van der Waals surface area contributed by atoms with Crippen LogP contribution in [-0.4, -0.2) is 52.8 Å². The van der Waals surface area contributed by atoms with Gasteiger partial charge in [0.15, 0.2) is 0 Å². The van der Waals surface area contributed by atoms with Gasteiger partial charge in [-0.05, 0) is 56.7 Å². The lowest BCUT2D eigenvalue weighted by Crippen LogP contribution is -2.56. The van der Waals surface area contributed by atoms with Gasteiger partial charge in [-0.1, -0.05) is 25.5 Å². The van der Waals surface area contributed by atoms with Crippen LogP contribution >= 0.6 is 0 Å². The van der Waals surface area contributed by atoms with E-state index in [1.807, 2.05) is 32.9 Å². The van der Waals surface area contributed by atoms with E-state index in [1.165, 1.54) is 5.56 Å². The number of likely N-dealkylation sites (tertiary alicyclic amines) is 1. The number of rotatable bonds is 9. The van der Waals surface area contributed by atoms with Crippen LogP contribution in [0, 0.1) is 12.3 Å². The molecule has 1 aromatic rings. The first kappa shape index (κ1) is 22.2. The van der Waals surface area contributed by atoms with E-state index in [0.717, 1.165) is 24.2 Å². The summed E-state index contributed by atoms with van der Waals surface area (Å²) in [5.74, 6) is -0.0874. The zero-order valence-corrected chi connectivity index (χ0v) is 17.2. The van der Waals surface area contributed by atoms with E-state index in [2.05, 4.69) is 6.07 Å². The van der Waals surface area contributed by atoms with Gasteiger partial charge < -0.3 is 19.8 Å². The first-order valence-corrected chi connectivity index (χ1v) is 10.3. The predicted octanol–water partition coefficient (Wildman–Crippen LogP) is 3.18. The predicted molar refractivity (Wildman–Crippen MR) is 107 cm³/mol. The van der Waals surface area contributed by atoms with E-state index in [0.29, 0.717) is 38.8 Å². The molecule has 1 amide bonds. The van der Waals surface area contributed by atoms with Gasteiger partial charge in [0.25, 0.3) is 0 Å². The van der Waals surface area contributed by atoms with Crippen molar-refractivity contribution < 1.29 is 24.5 Å². The van der Waals surface area contributed by atoms with Gasteiger partial charge >= 0.3 is 5.97 Å². The number of aryl methyl sites for hydroxylation is 2. The number of aliphatic hydroxyl groups excluding tert-OH is 1. The lowest BCUT2D eigenvalue weighted by atomic mass is 9.72. The molecule has 2 atom stereocenters. The van der Waals surface area contributed by atoms with Gasteiger partial charge in [-0.3, -0.25) is 9.59 Å². The minimum Gasteiger partial charge on any atom is -0.494 e. The van der Waals surface area contributed by atoms with Crippen LogP contribution in [0.25, 0.3) is 0 Å². The number of aliphatic hydroxyl groups is 1. The Bertz CT molecular complexity index is 690. The number of piperidine rings is 1. The maximum absolute atomic E-state index is 12.5. The number of hydrogen-bond donors (Lipinski definition) is 2. The van der Waals surface area contributed by atoms with E-state index in [4.69, 9.17) is 4.74 Å². The van der Waals surface area contributed by atoms with E-state index in [-0.39, 0.29) is 12.5 Å². The fraction of sp³-hybridized carbons (Fsp3) is 0.636. The van der Waals surface area contributed by atoms with Crippen molar-refractivity contribution in [3.05, 3.63) is 29.3 Å². The van der Waals surface area contributed by atoms with Crippen molar-refractivity contribution in [2.45, 2.75) is 65.4 Å². The molecule has 6 heteroatoms. The van der Waals surface area contributed by atoms with Gasteiger partial charge in [0.1, 0.15) is 5.75 Å². The van der Waals surface area contributed by atoms with E-state index >= 15 is 0 Å². The highest BCUT2D eigenvalue weighted by Gasteiger charge is 2.48. The van der Waals surface area contributed by atoms with Crippen LogP contribution in [0.3, 0.4) is 0 Å². The van der Waals surface area contributed by atoms with Crippen molar-refractivity contribution in [1.82, 2.24) is 4.90 Å². The maximum atomic E-state index is 12.5. The summed E-state index contributed by atoms with van der Waals surface area (Å²) in [4.78, 5) is 25.8. The van der Waals surface area contributed by atoms with Crippen LogP contribution in [0.1, 0.15) is 57.1 Å². The van der Waals surface area contributed by atoms with Crippen molar-refractivity contribution in [3.8, 4) is 5.75 Å². The van der Waals surface area contributed by atoms with Gasteiger partial charge in [0, 0.05) is 19.5 Å². The van der Waals surface area contributed by atoms with Crippen LogP contribution in [0.4, 0.5) is 0 Å². The SMILES string of the molecule is CCC[C@]1(C(=O)O)CCN(C(=O)CCCc2ccc(OCC)c(C)c2)C[C@@H]1O. The summed E-state index contributed by atoms with van der Waals surface area (Å²) < 4.78 is 5.55. The fourth-order valence-electron chi connectivity index (χ4n) is 4.08. The molecule has 1 heterocycles. The highest BCUT2D eigenvalue weighted by Crippen LogP contribution is 2.37. The number of benzene rings is 1. The molecule has 0 aromatic heterocycles. The van der Waals surface area contributed by atoms with Crippen molar-refractivity contribution in [2.75, 3.05) is 19.7 Å². The zero-order chi connectivity index (χ0) is 20.7. The molecule has 1 aliphatic heterocycles. The average Bonchev–Trinajstić information content (AvgIpc) is 2.65. The van der Waals surface area contributed by atoms with Crippen LogP contribution in [0.2, 0.25) is 0 Å². The number of ether oxygens (including phenoxy) is 1. The number of nitrogens with zero attached hydrogens (tertiary/aromatic N) is 1. The topological polar surface area (TPSA) is 87.1 Å². The van der Waals surface area contributed by atoms with Crippen molar-refractivity contribution in [3.63, 3.8) is 0 Å². The normalized spacial score (nSPS) is 22.1. The highest BCUT2D eigenvalue weighted by atomic mass is 16.5. The third-order valence-electron chi connectivity index (χ3n) is 5.73. The molecule has 0 aliphatic carbocycles. The Labute approximate surface area is 167 Å². The molecule has 156 valence electrons. The largest absolute Gasteiger partial charge is 0.494 e. The zero-order valence-electron chi connectivity index (χ0n) is 17.2. The number of carboxylic acid groups (broad SMARTS) is 1. The lowest BCUT2D eigenvalue weighted by Gasteiger charge is -2.42. The molecule has 2 N–H and O–H groups in total. The van der Waals surface area contributed by atoms with Crippen LogP contribution < -0.4 is 4.74 Å². The molecule has 2 rings (SSSR count). The molecule has 28 heavy (non-hydrogen) atoms. The first-order valence-electron chi connectivity index (χ1n) is 10.3. The summed E-state index contributed by atoms with van der Waals surface area (Å²) in [5, 5.41) is 20.0. The van der Waals surface area contributed by atoms with E-state index in [9.17, 15) is 19.8 Å². The fourth-order valence-corrected chi connectivity index (χ4v) is 4.08. The molecule has 1 fully saturated rings. The standard InChI is InChI=1S/C22H33NO5/c1-4-11-22(21(26)27)12-13-23(15-19(22)24)20(25)8-6-7-17-9-10-18(28-5-2)16(3)14-17/h9-10,14,19,24H,4-8,11-13,15H2,1-3H3,(H,26,27)/t19-,22-/m0/s1. The molecule has 0 bridgehead atoms. The lowest BCUT2D eigenvalue weighted by molar-refractivity contribution is -0.167. The Morgan fingerprint density at radius 3 is 2.64 bits per heavy atom. The number of carbonyl (C=O) groups excluding carboxylic acids is 1.